The zero-order chi connectivity index (χ0) is 40.9. The van der Waals surface area contributed by atoms with E-state index in [9.17, 15) is 35.9 Å². The molecule has 0 aliphatic carbocycles. The number of carbonyl (C=O) groups is 2. The molecule has 8 aromatic rings. The highest BCUT2D eigenvalue weighted by molar-refractivity contribution is 6.09. The molecule has 14 heteroatoms. The summed E-state index contributed by atoms with van der Waals surface area (Å²) in [6.07, 6.45) is -5.50. The van der Waals surface area contributed by atoms with Crippen molar-refractivity contribution in [2.45, 2.75) is 39.3 Å². The number of furan rings is 2. The third-order valence-corrected chi connectivity index (χ3v) is 9.94. The van der Waals surface area contributed by atoms with Gasteiger partial charge in [0.15, 0.2) is 11.5 Å². The monoisotopic (exact) mass is 794 g/mol. The lowest BCUT2D eigenvalue weighted by Crippen LogP contribution is -2.10. The number of nitrogens with zero attached hydrogens (tertiary/aromatic N) is 2. The predicted octanol–water partition coefficient (Wildman–Crippen LogP) is 11.7. The van der Waals surface area contributed by atoms with Gasteiger partial charge in [0, 0.05) is 41.8 Å². The minimum atomic E-state index is -4.47. The van der Waals surface area contributed by atoms with Crippen molar-refractivity contribution in [3.05, 3.63) is 167 Å². The standard InChI is InChI=1S/C44H32F6N4O4/c1-25-19-40(57-26(25)2)42(56)52-35-24-54(22-28-9-14-31(15-10-28)44(48,49)50)37-16-11-29(20-33(35)37)38-17-18-39(58-38)41(55)51-34-23-53(36-6-4-3-5-32(34)36)21-27-7-12-30(13-8-27)43(45,46)47/h3-20,23-24H,21-22H2,1-2H3,(H,51,55)(H,52,56). The lowest BCUT2D eigenvalue weighted by atomic mass is 10.1. The van der Waals surface area contributed by atoms with Crippen LogP contribution in [0.4, 0.5) is 37.7 Å². The number of benzene rings is 4. The van der Waals surface area contributed by atoms with Crippen LogP contribution in [0.15, 0.2) is 130 Å². The molecule has 4 heterocycles. The van der Waals surface area contributed by atoms with Crippen LogP contribution in [-0.2, 0) is 25.4 Å². The van der Waals surface area contributed by atoms with Gasteiger partial charge in [0.2, 0.25) is 0 Å². The first-order valence-corrected chi connectivity index (χ1v) is 17.9. The van der Waals surface area contributed by atoms with E-state index in [0.29, 0.717) is 50.5 Å². The van der Waals surface area contributed by atoms with Crippen LogP contribution in [0.5, 0.6) is 0 Å². The maximum Gasteiger partial charge on any atom is 0.416 e. The molecular formula is C44H32F6N4O4. The van der Waals surface area contributed by atoms with Gasteiger partial charge < -0.3 is 28.6 Å². The third-order valence-electron chi connectivity index (χ3n) is 9.94. The Balaban J connectivity index is 1.06. The molecule has 0 atom stereocenters. The minimum Gasteiger partial charge on any atom is -0.456 e. The molecule has 0 saturated carbocycles. The molecule has 0 aliphatic rings. The molecule has 58 heavy (non-hydrogen) atoms. The van der Waals surface area contributed by atoms with Gasteiger partial charge in [-0.3, -0.25) is 9.59 Å². The summed E-state index contributed by atoms with van der Waals surface area (Å²) in [7, 11) is 0. The van der Waals surface area contributed by atoms with Crippen molar-refractivity contribution in [2.24, 2.45) is 0 Å². The number of rotatable bonds is 9. The van der Waals surface area contributed by atoms with Gasteiger partial charge in [-0.2, -0.15) is 26.3 Å². The Morgan fingerprint density at radius 1 is 0.586 bits per heavy atom. The first kappa shape index (κ1) is 37.9. The van der Waals surface area contributed by atoms with Crippen LogP contribution in [-0.4, -0.2) is 20.9 Å². The first-order chi connectivity index (χ1) is 27.6. The van der Waals surface area contributed by atoms with Crippen molar-refractivity contribution in [2.75, 3.05) is 10.6 Å². The molecule has 294 valence electrons. The van der Waals surface area contributed by atoms with E-state index in [1.807, 2.05) is 40.3 Å². The molecule has 4 aromatic carbocycles. The molecule has 8 nitrogen and oxygen atoms in total. The van der Waals surface area contributed by atoms with E-state index < -0.39 is 35.3 Å². The van der Waals surface area contributed by atoms with Gasteiger partial charge in [-0.15, -0.1) is 0 Å². The van der Waals surface area contributed by atoms with Crippen molar-refractivity contribution in [1.82, 2.24) is 9.13 Å². The molecule has 8 rings (SSSR count). The largest absolute Gasteiger partial charge is 0.456 e. The van der Waals surface area contributed by atoms with Gasteiger partial charge in [-0.25, -0.2) is 0 Å². The quantitative estimate of drug-likeness (QED) is 0.142. The Bertz CT molecular complexity index is 2800. The van der Waals surface area contributed by atoms with Gasteiger partial charge in [-0.1, -0.05) is 42.5 Å². The second-order valence-corrected chi connectivity index (χ2v) is 13.9. The zero-order valence-corrected chi connectivity index (χ0v) is 30.8. The summed E-state index contributed by atoms with van der Waals surface area (Å²) >= 11 is 0. The maximum absolute atomic E-state index is 13.6. The van der Waals surface area contributed by atoms with E-state index >= 15 is 0 Å². The fraction of sp³-hybridized carbons (Fsp3) is 0.136. The second kappa shape index (κ2) is 14.5. The smallest absolute Gasteiger partial charge is 0.416 e. The van der Waals surface area contributed by atoms with E-state index in [1.54, 1.807) is 49.6 Å². The molecule has 0 bridgehead atoms. The Morgan fingerprint density at radius 3 is 1.67 bits per heavy atom. The van der Waals surface area contributed by atoms with Crippen LogP contribution < -0.4 is 10.6 Å². The van der Waals surface area contributed by atoms with Gasteiger partial charge in [0.25, 0.3) is 11.8 Å². The van der Waals surface area contributed by atoms with E-state index in [1.165, 1.54) is 30.3 Å². The minimum absolute atomic E-state index is 0.00614. The van der Waals surface area contributed by atoms with Crippen molar-refractivity contribution < 1.29 is 44.8 Å². The highest BCUT2D eigenvalue weighted by Crippen LogP contribution is 2.35. The molecule has 0 radical (unpaired) electrons. The fourth-order valence-corrected chi connectivity index (χ4v) is 6.82. The number of fused-ring (bicyclic) bond motifs is 2. The normalized spacial score (nSPS) is 12.1. The Morgan fingerprint density at radius 2 is 1.12 bits per heavy atom. The summed E-state index contributed by atoms with van der Waals surface area (Å²) in [6.45, 7) is 4.03. The van der Waals surface area contributed by atoms with Crippen LogP contribution in [0.2, 0.25) is 0 Å². The number of para-hydroxylation sites is 1. The average molecular weight is 795 g/mol. The highest BCUT2D eigenvalue weighted by Gasteiger charge is 2.31. The molecule has 4 aromatic heterocycles. The number of amides is 2. The van der Waals surface area contributed by atoms with Crippen LogP contribution in [0, 0.1) is 13.8 Å². The number of alkyl halides is 6. The molecule has 2 N–H and O–H groups in total. The Kier molecular flexibility index (Phi) is 9.50. The summed E-state index contributed by atoms with van der Waals surface area (Å²) in [5.41, 5.74) is 3.45. The number of aryl methyl sites for hydroxylation is 2. The predicted molar refractivity (Wildman–Crippen MR) is 207 cm³/mol. The highest BCUT2D eigenvalue weighted by atomic mass is 19.4. The fourth-order valence-electron chi connectivity index (χ4n) is 6.82. The van der Waals surface area contributed by atoms with E-state index in [0.717, 1.165) is 40.7 Å². The number of aromatic nitrogens is 2. The Labute approximate surface area is 326 Å². The summed E-state index contributed by atoms with van der Waals surface area (Å²) in [6, 6.07) is 27.2. The first-order valence-electron chi connectivity index (χ1n) is 17.9. The van der Waals surface area contributed by atoms with Gasteiger partial charge in [-0.05, 0) is 97.3 Å². The lowest BCUT2D eigenvalue weighted by molar-refractivity contribution is -0.138. The molecule has 0 spiro atoms. The number of hydrogen-bond donors (Lipinski definition) is 2. The summed E-state index contributed by atoms with van der Waals surface area (Å²) in [4.78, 5) is 26.9. The van der Waals surface area contributed by atoms with Crippen molar-refractivity contribution in [3.8, 4) is 11.3 Å². The summed E-state index contributed by atoms with van der Waals surface area (Å²) in [5, 5.41) is 7.11. The third kappa shape index (κ3) is 7.60. The molecule has 0 unspecified atom stereocenters. The van der Waals surface area contributed by atoms with Crippen molar-refractivity contribution >= 4 is 45.0 Å². The molecular weight excluding hydrogens is 762 g/mol. The second-order valence-electron chi connectivity index (χ2n) is 13.9. The number of anilines is 2. The van der Waals surface area contributed by atoms with E-state index in [2.05, 4.69) is 10.6 Å². The SMILES string of the molecule is Cc1cc(C(=O)Nc2cn(Cc3ccc(C(F)(F)F)cc3)c3ccc(-c4ccc(C(=O)Nc5cn(Cc6ccc(C(F)(F)F)cc6)c6ccccc56)o4)cc23)oc1C. The molecule has 2 amide bonds. The average Bonchev–Trinajstić information content (AvgIpc) is 3.97. The number of halogens is 6. The van der Waals surface area contributed by atoms with Gasteiger partial charge in [0.05, 0.1) is 33.5 Å². The topological polar surface area (TPSA) is 94.3 Å². The van der Waals surface area contributed by atoms with Crippen LogP contribution in [0.3, 0.4) is 0 Å². The number of nitrogens with one attached hydrogen (secondary N) is 2. The van der Waals surface area contributed by atoms with Crippen LogP contribution in [0.25, 0.3) is 33.1 Å². The lowest BCUT2D eigenvalue weighted by Gasteiger charge is -2.09. The molecule has 0 saturated heterocycles. The van der Waals surface area contributed by atoms with E-state index in [4.69, 9.17) is 8.83 Å². The van der Waals surface area contributed by atoms with Crippen LogP contribution in [0.1, 0.15) is 54.7 Å². The number of hydrogen-bond acceptors (Lipinski definition) is 4. The Hall–Kier alpha value is -6.96. The van der Waals surface area contributed by atoms with Gasteiger partial charge >= 0.3 is 12.4 Å². The van der Waals surface area contributed by atoms with E-state index in [-0.39, 0.29) is 24.6 Å². The molecule has 0 fully saturated rings. The zero-order valence-electron chi connectivity index (χ0n) is 30.8. The van der Waals surface area contributed by atoms with Crippen LogP contribution >= 0.6 is 0 Å². The van der Waals surface area contributed by atoms with Crippen molar-refractivity contribution in [1.29, 1.82) is 0 Å². The number of carbonyl (C=O) groups excluding carboxylic acids is 2. The molecule has 0 aliphatic heterocycles. The van der Waals surface area contributed by atoms with Gasteiger partial charge in [0.1, 0.15) is 11.5 Å². The maximum atomic E-state index is 13.6. The summed E-state index contributed by atoms with van der Waals surface area (Å²) < 4.78 is 94.3. The van der Waals surface area contributed by atoms with Crippen molar-refractivity contribution in [3.63, 3.8) is 0 Å². The summed E-state index contributed by atoms with van der Waals surface area (Å²) in [5.74, 6) is 0.0312.